The molecule has 0 bridgehead atoms. The average Bonchev–Trinajstić information content (AvgIpc) is 2.87. The summed E-state index contributed by atoms with van der Waals surface area (Å²) in [7, 11) is 0. The number of hydrogen-bond donors (Lipinski definition) is 2. The monoisotopic (exact) mass is 524 g/mol. The highest BCUT2D eigenvalue weighted by Gasteiger charge is 2.28. The number of aromatic nitrogens is 3. The van der Waals surface area contributed by atoms with Crippen molar-refractivity contribution >= 4 is 16.9 Å². The van der Waals surface area contributed by atoms with Gasteiger partial charge in [-0.25, -0.2) is 27.5 Å². The minimum atomic E-state index is -1.19. The van der Waals surface area contributed by atoms with E-state index in [1.807, 2.05) is 0 Å². The Balaban J connectivity index is 1.42. The number of carbonyl (C=O) groups is 1. The van der Waals surface area contributed by atoms with E-state index in [0.717, 1.165) is 33.5 Å². The molecule has 1 aliphatic carbocycles. The maximum atomic E-state index is 14.0. The second-order valence-electron chi connectivity index (χ2n) is 9.34. The summed E-state index contributed by atoms with van der Waals surface area (Å²) in [5.74, 6) is -3.23. The van der Waals surface area contributed by atoms with Gasteiger partial charge in [-0.15, -0.1) is 0 Å². The first-order valence-corrected chi connectivity index (χ1v) is 12.1. The molecule has 0 saturated heterocycles. The fraction of sp³-hybridized carbons (Fsp3) is 0.259. The van der Waals surface area contributed by atoms with Gasteiger partial charge < -0.3 is 10.4 Å². The summed E-state index contributed by atoms with van der Waals surface area (Å²) in [5, 5.41) is 12.4. The van der Waals surface area contributed by atoms with Gasteiger partial charge in [0.05, 0.1) is 23.7 Å². The molecule has 1 saturated carbocycles. The number of halogens is 3. The number of benzene rings is 2. The van der Waals surface area contributed by atoms with E-state index in [9.17, 15) is 32.7 Å². The van der Waals surface area contributed by atoms with Gasteiger partial charge in [0.1, 0.15) is 11.6 Å². The number of pyridine rings is 1. The van der Waals surface area contributed by atoms with Gasteiger partial charge in [-0.3, -0.25) is 14.2 Å². The van der Waals surface area contributed by atoms with Crippen LogP contribution in [0.5, 0.6) is 5.75 Å². The van der Waals surface area contributed by atoms with Crippen LogP contribution in [-0.4, -0.2) is 31.2 Å². The third kappa shape index (κ3) is 4.91. The Morgan fingerprint density at radius 3 is 2.47 bits per heavy atom. The standard InChI is InChI=1S/C27H23F3N4O4/c28-16-12-21-25(31-14-16)33(19-8-9-22(29)23(30)13-19)27(38)34(26(21)37)18-6-4-17(5-7-18)32-24(36)11-15-2-1-3-20(35)10-15/h1-3,8-10,12-14,17-18,35H,4-7,11H2,(H,32,36)/t17-,18+. The summed E-state index contributed by atoms with van der Waals surface area (Å²) < 4.78 is 43.6. The summed E-state index contributed by atoms with van der Waals surface area (Å²) >= 11 is 0. The van der Waals surface area contributed by atoms with Crippen molar-refractivity contribution in [2.45, 2.75) is 44.2 Å². The van der Waals surface area contributed by atoms with Crippen LogP contribution in [-0.2, 0) is 11.2 Å². The van der Waals surface area contributed by atoms with E-state index in [4.69, 9.17) is 0 Å². The summed E-state index contributed by atoms with van der Waals surface area (Å²) in [6.07, 6.45) is 2.64. The fourth-order valence-electron chi connectivity index (χ4n) is 4.97. The van der Waals surface area contributed by atoms with Gasteiger partial charge in [-0.2, -0.15) is 0 Å². The van der Waals surface area contributed by atoms with E-state index in [1.54, 1.807) is 12.1 Å². The molecule has 196 valence electrons. The smallest absolute Gasteiger partial charge is 0.337 e. The van der Waals surface area contributed by atoms with Crippen LogP contribution >= 0.6 is 0 Å². The Hall–Kier alpha value is -4.41. The summed E-state index contributed by atoms with van der Waals surface area (Å²) in [6.45, 7) is 0. The van der Waals surface area contributed by atoms with Crippen molar-refractivity contribution in [2.24, 2.45) is 0 Å². The van der Waals surface area contributed by atoms with E-state index >= 15 is 0 Å². The topological polar surface area (TPSA) is 106 Å². The van der Waals surface area contributed by atoms with Crippen LogP contribution in [0.25, 0.3) is 16.7 Å². The number of hydrogen-bond acceptors (Lipinski definition) is 5. The average molecular weight is 524 g/mol. The first-order valence-electron chi connectivity index (χ1n) is 12.1. The molecule has 0 aliphatic heterocycles. The van der Waals surface area contributed by atoms with Crippen LogP contribution < -0.4 is 16.6 Å². The quantitative estimate of drug-likeness (QED) is 0.416. The van der Waals surface area contributed by atoms with Gasteiger partial charge in [-0.05, 0) is 61.6 Å². The minimum absolute atomic E-state index is 0.0559. The SMILES string of the molecule is O=C(Cc1cccc(O)c1)N[C@H]1CC[C@@H](n2c(=O)c3cc(F)cnc3n(-c3ccc(F)c(F)c3)c2=O)CC1. The molecule has 0 atom stereocenters. The second kappa shape index (κ2) is 10.2. The van der Waals surface area contributed by atoms with Gasteiger partial charge in [0.15, 0.2) is 17.3 Å². The summed E-state index contributed by atoms with van der Waals surface area (Å²) in [6, 6.07) is 9.49. The number of nitrogens with one attached hydrogen (secondary N) is 1. The Morgan fingerprint density at radius 2 is 1.76 bits per heavy atom. The molecule has 2 aromatic heterocycles. The van der Waals surface area contributed by atoms with Crippen molar-refractivity contribution in [3.8, 4) is 11.4 Å². The zero-order valence-electron chi connectivity index (χ0n) is 20.0. The lowest BCUT2D eigenvalue weighted by Crippen LogP contribution is -2.45. The molecule has 0 radical (unpaired) electrons. The molecule has 11 heteroatoms. The molecule has 38 heavy (non-hydrogen) atoms. The molecular formula is C27H23F3N4O4. The first kappa shape index (κ1) is 25.2. The Labute approximate surface area is 214 Å². The molecule has 2 aromatic carbocycles. The maximum Gasteiger partial charge on any atom is 0.337 e. The van der Waals surface area contributed by atoms with Crippen LogP contribution in [0.2, 0.25) is 0 Å². The zero-order valence-corrected chi connectivity index (χ0v) is 20.0. The lowest BCUT2D eigenvalue weighted by Gasteiger charge is -2.30. The van der Waals surface area contributed by atoms with Crippen LogP contribution in [0.1, 0.15) is 37.3 Å². The van der Waals surface area contributed by atoms with E-state index in [1.165, 1.54) is 18.2 Å². The predicted octanol–water partition coefficient (Wildman–Crippen LogP) is 3.51. The number of aromatic hydroxyl groups is 1. The van der Waals surface area contributed by atoms with Gasteiger partial charge >= 0.3 is 5.69 Å². The van der Waals surface area contributed by atoms with Gasteiger partial charge in [0.25, 0.3) is 5.56 Å². The lowest BCUT2D eigenvalue weighted by atomic mass is 9.90. The number of nitrogens with zero attached hydrogens (tertiary/aromatic N) is 3. The number of phenols is 1. The first-order chi connectivity index (χ1) is 18.2. The van der Waals surface area contributed by atoms with Gasteiger partial charge in [0.2, 0.25) is 5.91 Å². The van der Waals surface area contributed by atoms with Crippen molar-refractivity contribution in [3.63, 3.8) is 0 Å². The zero-order chi connectivity index (χ0) is 27.0. The Kier molecular flexibility index (Phi) is 6.75. The van der Waals surface area contributed by atoms with Crippen LogP contribution in [0, 0.1) is 17.5 Å². The van der Waals surface area contributed by atoms with Crippen molar-refractivity contribution in [1.82, 2.24) is 19.4 Å². The molecule has 8 nitrogen and oxygen atoms in total. The highest BCUT2D eigenvalue weighted by molar-refractivity contribution is 5.79. The molecular weight excluding hydrogens is 501 g/mol. The number of phenolic OH excluding ortho intramolecular Hbond substituents is 1. The van der Waals surface area contributed by atoms with E-state index < -0.39 is 34.7 Å². The lowest BCUT2D eigenvalue weighted by molar-refractivity contribution is -0.121. The molecule has 1 amide bonds. The van der Waals surface area contributed by atoms with E-state index in [2.05, 4.69) is 10.3 Å². The van der Waals surface area contributed by atoms with Crippen molar-refractivity contribution < 1.29 is 23.1 Å². The highest BCUT2D eigenvalue weighted by Crippen LogP contribution is 2.28. The number of rotatable bonds is 5. The van der Waals surface area contributed by atoms with Crippen molar-refractivity contribution in [1.29, 1.82) is 0 Å². The molecule has 1 aliphatic rings. The predicted molar refractivity (Wildman–Crippen MR) is 133 cm³/mol. The third-order valence-electron chi connectivity index (χ3n) is 6.76. The van der Waals surface area contributed by atoms with Crippen molar-refractivity contribution in [2.75, 3.05) is 0 Å². The number of fused-ring (bicyclic) bond motifs is 1. The summed E-state index contributed by atoms with van der Waals surface area (Å²) in [4.78, 5) is 43.3. The van der Waals surface area contributed by atoms with Crippen LogP contribution in [0.4, 0.5) is 13.2 Å². The second-order valence-corrected chi connectivity index (χ2v) is 9.34. The molecule has 4 aromatic rings. The molecule has 2 heterocycles. The molecule has 0 spiro atoms. The number of carbonyl (C=O) groups excluding carboxylic acids is 1. The number of amides is 1. The maximum absolute atomic E-state index is 14.0. The van der Waals surface area contributed by atoms with Crippen LogP contribution in [0.3, 0.4) is 0 Å². The van der Waals surface area contributed by atoms with E-state index in [-0.39, 0.29) is 40.8 Å². The minimum Gasteiger partial charge on any atom is -0.508 e. The molecule has 1 fully saturated rings. The summed E-state index contributed by atoms with van der Waals surface area (Å²) in [5.41, 5.74) is -1.09. The van der Waals surface area contributed by atoms with E-state index in [0.29, 0.717) is 31.2 Å². The largest absolute Gasteiger partial charge is 0.508 e. The Morgan fingerprint density at radius 1 is 1.00 bits per heavy atom. The van der Waals surface area contributed by atoms with Crippen molar-refractivity contribution in [3.05, 3.63) is 98.6 Å². The molecule has 0 unspecified atom stereocenters. The fourth-order valence-corrected chi connectivity index (χ4v) is 4.97. The van der Waals surface area contributed by atoms with Gasteiger partial charge in [-0.1, -0.05) is 12.1 Å². The normalized spacial score (nSPS) is 17.4. The van der Waals surface area contributed by atoms with Gasteiger partial charge in [0, 0.05) is 18.2 Å². The third-order valence-corrected chi connectivity index (χ3v) is 6.76. The molecule has 5 rings (SSSR count). The highest BCUT2D eigenvalue weighted by atomic mass is 19.2. The molecule has 2 N–H and O–H groups in total. The Bertz CT molecular complexity index is 1660. The van der Waals surface area contributed by atoms with Crippen LogP contribution in [0.15, 0.2) is 64.3 Å².